The van der Waals surface area contributed by atoms with Crippen molar-refractivity contribution >= 4 is 31.5 Å². The van der Waals surface area contributed by atoms with Gasteiger partial charge in [-0.1, -0.05) is 42.0 Å². The Morgan fingerprint density at radius 1 is 0.895 bits per heavy atom. The molecular formula is C25H32N3O9P. The fraction of sp³-hybridized carbons (Fsp3) is 0.360. The van der Waals surface area contributed by atoms with Crippen LogP contribution in [-0.2, 0) is 36.6 Å². The van der Waals surface area contributed by atoms with Gasteiger partial charge in [-0.2, -0.15) is 0 Å². The van der Waals surface area contributed by atoms with Crippen LogP contribution in [0.2, 0.25) is 0 Å². The third-order valence-corrected chi connectivity index (χ3v) is 5.84. The highest BCUT2D eigenvalue weighted by Gasteiger charge is 2.27. The van der Waals surface area contributed by atoms with Gasteiger partial charge in [0.25, 0.3) is 0 Å². The Labute approximate surface area is 220 Å². The maximum Gasteiger partial charge on any atom is 0.524 e. The van der Waals surface area contributed by atoms with E-state index in [9.17, 15) is 23.7 Å². The van der Waals surface area contributed by atoms with Crippen molar-refractivity contribution in [2.75, 3.05) is 6.54 Å². The molecule has 0 aliphatic heterocycles. The van der Waals surface area contributed by atoms with Crippen LogP contribution in [0.15, 0.2) is 48.5 Å². The fourth-order valence-electron chi connectivity index (χ4n) is 3.53. The standard InChI is InChI=1S/C25H32N3O9P/c1-16-3-5-18(6-4-16)13-14-26-24(32)21(11-12-23(30)31)28-25(33)22(27-17(2)29)15-19-7-9-20(10-8-19)37-38(34,35)36/h3-10,21-22H,11-15H2,1-2H3,(H,26,32)(H,27,29)(H,28,33)(H,30,31)(H2,34,35,36). The van der Waals surface area contributed by atoms with Crippen molar-refractivity contribution in [1.82, 2.24) is 16.0 Å². The van der Waals surface area contributed by atoms with Crippen LogP contribution in [-0.4, -0.2) is 57.2 Å². The summed E-state index contributed by atoms with van der Waals surface area (Å²) in [5.74, 6) is -2.96. The van der Waals surface area contributed by atoms with Crippen LogP contribution in [0.25, 0.3) is 0 Å². The van der Waals surface area contributed by atoms with Crippen molar-refractivity contribution in [2.24, 2.45) is 0 Å². The number of phosphoric ester groups is 1. The van der Waals surface area contributed by atoms with Crippen molar-refractivity contribution in [1.29, 1.82) is 0 Å². The Kier molecular flexibility index (Phi) is 11.5. The second kappa shape index (κ2) is 14.3. The van der Waals surface area contributed by atoms with Crippen molar-refractivity contribution in [3.63, 3.8) is 0 Å². The average Bonchev–Trinajstić information content (AvgIpc) is 2.82. The number of carbonyl (C=O) groups excluding carboxylic acids is 3. The molecule has 0 radical (unpaired) electrons. The number of phosphoric acid groups is 1. The summed E-state index contributed by atoms with van der Waals surface area (Å²) < 4.78 is 15.5. The molecule has 0 aliphatic carbocycles. The first-order valence-corrected chi connectivity index (χ1v) is 13.3. The van der Waals surface area contributed by atoms with Gasteiger partial charge in [-0.15, -0.1) is 0 Å². The monoisotopic (exact) mass is 549 g/mol. The zero-order valence-corrected chi connectivity index (χ0v) is 21.9. The zero-order chi connectivity index (χ0) is 28.3. The van der Waals surface area contributed by atoms with Crippen molar-refractivity contribution in [2.45, 2.75) is 51.6 Å². The first-order valence-electron chi connectivity index (χ1n) is 11.8. The highest BCUT2D eigenvalue weighted by molar-refractivity contribution is 7.46. The summed E-state index contributed by atoms with van der Waals surface area (Å²) in [4.78, 5) is 66.5. The molecule has 0 saturated carbocycles. The lowest BCUT2D eigenvalue weighted by molar-refractivity contribution is -0.138. The predicted molar refractivity (Wildman–Crippen MR) is 137 cm³/mol. The second-order valence-electron chi connectivity index (χ2n) is 8.70. The summed E-state index contributed by atoms with van der Waals surface area (Å²) >= 11 is 0. The lowest BCUT2D eigenvalue weighted by Crippen LogP contribution is -2.54. The Bertz CT molecular complexity index is 1160. The van der Waals surface area contributed by atoms with Gasteiger partial charge < -0.3 is 25.6 Å². The molecule has 3 amide bonds. The third kappa shape index (κ3) is 11.5. The van der Waals surface area contributed by atoms with Crippen LogP contribution in [0.5, 0.6) is 5.75 Å². The quantitative estimate of drug-likeness (QED) is 0.188. The van der Waals surface area contributed by atoms with Crippen LogP contribution >= 0.6 is 7.82 Å². The van der Waals surface area contributed by atoms with Gasteiger partial charge in [-0.05, 0) is 43.0 Å². The highest BCUT2D eigenvalue weighted by Crippen LogP contribution is 2.37. The molecule has 0 fully saturated rings. The molecule has 0 heterocycles. The number of benzene rings is 2. The molecule has 2 rings (SSSR count). The maximum atomic E-state index is 13.0. The van der Waals surface area contributed by atoms with Gasteiger partial charge in [0.1, 0.15) is 17.8 Å². The molecule has 6 N–H and O–H groups in total. The topological polar surface area (TPSA) is 191 Å². The number of carbonyl (C=O) groups is 4. The number of hydrogen-bond acceptors (Lipinski definition) is 6. The first kappa shape index (κ1) is 30.5. The SMILES string of the molecule is CC(=O)NC(Cc1ccc(OP(=O)(O)O)cc1)C(=O)NC(CCC(=O)O)C(=O)NCCc1ccc(C)cc1. The van der Waals surface area contributed by atoms with Gasteiger partial charge in [-0.3, -0.25) is 29.0 Å². The lowest BCUT2D eigenvalue weighted by atomic mass is 10.0. The molecule has 38 heavy (non-hydrogen) atoms. The highest BCUT2D eigenvalue weighted by atomic mass is 31.2. The molecule has 13 heteroatoms. The Hall–Kier alpha value is -3.73. The van der Waals surface area contributed by atoms with E-state index in [1.54, 1.807) is 0 Å². The van der Waals surface area contributed by atoms with Crippen LogP contribution in [0.3, 0.4) is 0 Å². The largest absolute Gasteiger partial charge is 0.524 e. The number of aliphatic carboxylic acids is 1. The summed E-state index contributed by atoms with van der Waals surface area (Å²) in [6.07, 6.45) is 0.0188. The summed E-state index contributed by atoms with van der Waals surface area (Å²) in [5, 5.41) is 16.8. The molecule has 2 aromatic rings. The normalized spacial score (nSPS) is 12.6. The summed E-state index contributed by atoms with van der Waals surface area (Å²) in [5.41, 5.74) is 2.64. The fourth-order valence-corrected chi connectivity index (χ4v) is 3.93. The Balaban J connectivity index is 2.07. The van der Waals surface area contributed by atoms with E-state index in [1.807, 2.05) is 31.2 Å². The smallest absolute Gasteiger partial charge is 0.481 e. The number of hydrogen-bond donors (Lipinski definition) is 6. The minimum Gasteiger partial charge on any atom is -0.481 e. The summed E-state index contributed by atoms with van der Waals surface area (Å²) in [6.45, 7) is 3.46. The molecule has 206 valence electrons. The molecule has 0 aliphatic rings. The molecule has 2 unspecified atom stereocenters. The van der Waals surface area contributed by atoms with Gasteiger partial charge in [-0.25, -0.2) is 4.57 Å². The van der Waals surface area contributed by atoms with E-state index < -0.39 is 43.6 Å². The van der Waals surface area contributed by atoms with E-state index in [-0.39, 0.29) is 31.6 Å². The molecule has 12 nitrogen and oxygen atoms in total. The summed E-state index contributed by atoms with van der Waals surface area (Å²) in [7, 11) is -4.73. The number of nitrogens with one attached hydrogen (secondary N) is 3. The van der Waals surface area contributed by atoms with Crippen LogP contribution < -0.4 is 20.5 Å². The van der Waals surface area contributed by atoms with Gasteiger partial charge in [0, 0.05) is 26.3 Å². The Morgan fingerprint density at radius 3 is 2.05 bits per heavy atom. The molecule has 0 bridgehead atoms. The number of carboxylic acids is 1. The van der Waals surface area contributed by atoms with E-state index >= 15 is 0 Å². The summed E-state index contributed by atoms with van der Waals surface area (Å²) in [6, 6.07) is 11.1. The minimum atomic E-state index is -4.73. The van der Waals surface area contributed by atoms with E-state index in [1.165, 1.54) is 31.2 Å². The van der Waals surface area contributed by atoms with Crippen molar-refractivity contribution < 1.29 is 43.2 Å². The van der Waals surface area contributed by atoms with Gasteiger partial charge in [0.2, 0.25) is 17.7 Å². The second-order valence-corrected chi connectivity index (χ2v) is 9.87. The van der Waals surface area contributed by atoms with Crippen LogP contribution in [0, 0.1) is 6.92 Å². The number of rotatable bonds is 14. The molecule has 2 atom stereocenters. The van der Waals surface area contributed by atoms with Gasteiger partial charge in [0.15, 0.2) is 0 Å². The van der Waals surface area contributed by atoms with E-state index in [2.05, 4.69) is 20.5 Å². The van der Waals surface area contributed by atoms with E-state index in [0.717, 1.165) is 11.1 Å². The number of aryl methyl sites for hydroxylation is 1. The van der Waals surface area contributed by atoms with Crippen molar-refractivity contribution in [3.8, 4) is 5.75 Å². The van der Waals surface area contributed by atoms with Gasteiger partial charge >= 0.3 is 13.8 Å². The first-order chi connectivity index (χ1) is 17.8. The number of carboxylic acid groups (broad SMARTS) is 1. The molecular weight excluding hydrogens is 517 g/mol. The minimum absolute atomic E-state index is 0.0116. The molecule has 2 aromatic carbocycles. The zero-order valence-electron chi connectivity index (χ0n) is 21.0. The lowest BCUT2D eigenvalue weighted by Gasteiger charge is -2.23. The predicted octanol–water partition coefficient (Wildman–Crippen LogP) is 1.22. The number of amides is 3. The third-order valence-electron chi connectivity index (χ3n) is 5.39. The maximum absolute atomic E-state index is 13.0. The van der Waals surface area contributed by atoms with E-state index in [0.29, 0.717) is 12.0 Å². The van der Waals surface area contributed by atoms with Crippen molar-refractivity contribution in [3.05, 3.63) is 65.2 Å². The van der Waals surface area contributed by atoms with Crippen LogP contribution in [0.1, 0.15) is 36.5 Å². The van der Waals surface area contributed by atoms with E-state index in [4.69, 9.17) is 14.9 Å². The Morgan fingerprint density at radius 2 is 1.50 bits per heavy atom. The van der Waals surface area contributed by atoms with Crippen LogP contribution in [0.4, 0.5) is 0 Å². The average molecular weight is 550 g/mol. The molecule has 0 spiro atoms. The molecule has 0 aromatic heterocycles. The van der Waals surface area contributed by atoms with Gasteiger partial charge in [0.05, 0.1) is 0 Å². The molecule has 0 saturated heterocycles.